The Morgan fingerprint density at radius 1 is 1.36 bits per heavy atom. The summed E-state index contributed by atoms with van der Waals surface area (Å²) in [5.41, 5.74) is -0.969. The van der Waals surface area contributed by atoms with Crippen molar-refractivity contribution in [3.63, 3.8) is 0 Å². The van der Waals surface area contributed by atoms with Gasteiger partial charge in [-0.1, -0.05) is 20.8 Å². The normalized spacial score (nSPS) is 14.7. The topological polar surface area (TPSA) is 12.0 Å². The van der Waals surface area contributed by atoms with Crippen LogP contribution >= 0.6 is 0 Å². The summed E-state index contributed by atoms with van der Waals surface area (Å²) in [6, 6.07) is 0. The van der Waals surface area contributed by atoms with Crippen LogP contribution in [0.4, 0.5) is 4.39 Å². The van der Waals surface area contributed by atoms with Gasteiger partial charge in [0.05, 0.1) is 0 Å². The van der Waals surface area contributed by atoms with Gasteiger partial charge in [0.15, 0.2) is 0 Å². The summed E-state index contributed by atoms with van der Waals surface area (Å²) >= 11 is 0. The van der Waals surface area contributed by atoms with Crippen molar-refractivity contribution >= 4 is 0 Å². The van der Waals surface area contributed by atoms with Crippen molar-refractivity contribution in [2.45, 2.75) is 46.2 Å². The molecule has 0 saturated carbocycles. The minimum atomic E-state index is -0.969. The molecule has 1 N–H and O–H groups in total. The molecular formula is C9H22FN. The van der Waals surface area contributed by atoms with E-state index in [9.17, 15) is 4.39 Å². The highest BCUT2D eigenvalue weighted by molar-refractivity contribution is 4.70. The third kappa shape index (κ3) is 9.89. The molecule has 0 aliphatic rings. The van der Waals surface area contributed by atoms with E-state index in [-0.39, 0.29) is 0 Å². The molecule has 0 fully saturated rings. The predicted molar refractivity (Wildman–Crippen MR) is 49.7 cm³/mol. The zero-order valence-corrected chi connectivity index (χ0v) is 8.50. The van der Waals surface area contributed by atoms with Crippen LogP contribution in [0.5, 0.6) is 0 Å². The first-order valence-corrected chi connectivity index (χ1v) is 4.46. The molecule has 0 saturated heterocycles. The molecule has 0 bridgehead atoms. The van der Waals surface area contributed by atoms with Gasteiger partial charge in [-0.15, -0.1) is 0 Å². The van der Waals surface area contributed by atoms with Gasteiger partial charge >= 0.3 is 0 Å². The van der Waals surface area contributed by atoms with E-state index in [1.54, 1.807) is 6.92 Å². The number of halogens is 1. The largest absolute Gasteiger partial charge is 0.320 e. The van der Waals surface area contributed by atoms with Gasteiger partial charge in [0.1, 0.15) is 5.67 Å². The van der Waals surface area contributed by atoms with Gasteiger partial charge in [0.25, 0.3) is 0 Å². The molecule has 0 aliphatic carbocycles. The predicted octanol–water partition coefficient (Wildman–Crippen LogP) is 2.76. The van der Waals surface area contributed by atoms with Crippen LogP contribution in [0.1, 0.15) is 40.5 Å². The molecule has 1 atom stereocenters. The maximum Gasteiger partial charge on any atom is 0.109 e. The fourth-order valence-electron chi connectivity index (χ4n) is 0.562. The smallest absolute Gasteiger partial charge is 0.109 e. The number of hydrogen-bond donors (Lipinski definition) is 1. The second-order valence-corrected chi connectivity index (χ2v) is 2.62. The Balaban J connectivity index is 0. The molecule has 0 aromatic carbocycles. The summed E-state index contributed by atoms with van der Waals surface area (Å²) in [4.78, 5) is 0. The monoisotopic (exact) mass is 163 g/mol. The molecule has 0 aromatic heterocycles. The minimum absolute atomic E-state index is 0.606. The summed E-state index contributed by atoms with van der Waals surface area (Å²) in [7, 11) is 1.84. The van der Waals surface area contributed by atoms with Crippen LogP contribution in [0.15, 0.2) is 0 Å². The van der Waals surface area contributed by atoms with E-state index in [1.165, 1.54) is 0 Å². The Labute approximate surface area is 70.4 Å². The van der Waals surface area contributed by atoms with Crippen LogP contribution in [0, 0.1) is 0 Å². The SMILES string of the molecule is CC.CCC(C)(F)CCNC. The molecule has 2 heteroatoms. The van der Waals surface area contributed by atoms with Crippen molar-refractivity contribution in [3.8, 4) is 0 Å². The molecule has 0 aromatic rings. The minimum Gasteiger partial charge on any atom is -0.320 e. The molecule has 0 heterocycles. The summed E-state index contributed by atoms with van der Waals surface area (Å²) in [5.74, 6) is 0. The fraction of sp³-hybridized carbons (Fsp3) is 1.00. The molecule has 0 spiro atoms. The zero-order valence-electron chi connectivity index (χ0n) is 8.50. The van der Waals surface area contributed by atoms with E-state index in [4.69, 9.17) is 0 Å². The molecule has 1 unspecified atom stereocenters. The van der Waals surface area contributed by atoms with E-state index in [2.05, 4.69) is 5.32 Å². The van der Waals surface area contributed by atoms with Gasteiger partial charge in [-0.2, -0.15) is 0 Å². The molecule has 70 valence electrons. The Morgan fingerprint density at radius 2 is 1.82 bits per heavy atom. The summed E-state index contributed by atoms with van der Waals surface area (Å²) in [6.45, 7) is 8.28. The number of alkyl halides is 1. The first-order valence-electron chi connectivity index (χ1n) is 4.46. The van der Waals surface area contributed by atoms with E-state index in [1.807, 2.05) is 27.8 Å². The third-order valence-electron chi connectivity index (χ3n) is 1.63. The molecule has 0 rings (SSSR count). The van der Waals surface area contributed by atoms with E-state index in [0.717, 1.165) is 6.54 Å². The molecule has 0 radical (unpaired) electrons. The average Bonchev–Trinajstić information content (AvgIpc) is 2.05. The van der Waals surface area contributed by atoms with Gasteiger partial charge in [-0.25, -0.2) is 4.39 Å². The van der Waals surface area contributed by atoms with Gasteiger partial charge in [-0.3, -0.25) is 0 Å². The first-order chi connectivity index (χ1) is 5.12. The lowest BCUT2D eigenvalue weighted by Gasteiger charge is -2.16. The Bertz CT molecular complexity index is 72.0. The van der Waals surface area contributed by atoms with Crippen molar-refractivity contribution in [1.82, 2.24) is 5.32 Å². The third-order valence-corrected chi connectivity index (χ3v) is 1.63. The van der Waals surface area contributed by atoms with Crippen molar-refractivity contribution in [1.29, 1.82) is 0 Å². The molecule has 1 nitrogen and oxygen atoms in total. The van der Waals surface area contributed by atoms with Crippen molar-refractivity contribution in [2.75, 3.05) is 13.6 Å². The number of rotatable bonds is 4. The maximum atomic E-state index is 13.0. The van der Waals surface area contributed by atoms with Gasteiger partial charge < -0.3 is 5.32 Å². The van der Waals surface area contributed by atoms with E-state index >= 15 is 0 Å². The lowest BCUT2D eigenvalue weighted by Crippen LogP contribution is -2.22. The van der Waals surface area contributed by atoms with Gasteiger partial charge in [0, 0.05) is 0 Å². The Hall–Kier alpha value is -0.110. The Kier molecular flexibility index (Phi) is 9.79. The van der Waals surface area contributed by atoms with Crippen molar-refractivity contribution in [3.05, 3.63) is 0 Å². The van der Waals surface area contributed by atoms with Crippen LogP contribution in [-0.2, 0) is 0 Å². The maximum absolute atomic E-state index is 13.0. The second kappa shape index (κ2) is 7.99. The average molecular weight is 163 g/mol. The second-order valence-electron chi connectivity index (χ2n) is 2.62. The lowest BCUT2D eigenvalue weighted by atomic mass is 10.0. The van der Waals surface area contributed by atoms with Crippen LogP contribution in [0.25, 0.3) is 0 Å². The van der Waals surface area contributed by atoms with Crippen LogP contribution in [0.2, 0.25) is 0 Å². The molecule has 11 heavy (non-hydrogen) atoms. The lowest BCUT2D eigenvalue weighted by molar-refractivity contribution is 0.169. The summed E-state index contributed by atoms with van der Waals surface area (Å²) < 4.78 is 13.0. The van der Waals surface area contributed by atoms with Crippen LogP contribution in [0.3, 0.4) is 0 Å². The molecule has 0 amide bonds. The van der Waals surface area contributed by atoms with E-state index in [0.29, 0.717) is 12.8 Å². The zero-order chi connectivity index (χ0) is 9.33. The number of nitrogens with one attached hydrogen (secondary N) is 1. The fourth-order valence-corrected chi connectivity index (χ4v) is 0.562. The highest BCUT2D eigenvalue weighted by Gasteiger charge is 2.18. The van der Waals surface area contributed by atoms with Gasteiger partial charge in [-0.05, 0) is 33.4 Å². The molecule has 0 aliphatic heterocycles. The molecular weight excluding hydrogens is 141 g/mol. The van der Waals surface area contributed by atoms with Crippen molar-refractivity contribution in [2.24, 2.45) is 0 Å². The van der Waals surface area contributed by atoms with Crippen LogP contribution < -0.4 is 5.32 Å². The Morgan fingerprint density at radius 3 is 2.09 bits per heavy atom. The van der Waals surface area contributed by atoms with E-state index < -0.39 is 5.67 Å². The number of hydrogen-bond acceptors (Lipinski definition) is 1. The first kappa shape index (κ1) is 13.5. The summed E-state index contributed by atoms with van der Waals surface area (Å²) in [6.07, 6.45) is 1.22. The quantitative estimate of drug-likeness (QED) is 0.672. The van der Waals surface area contributed by atoms with Crippen LogP contribution in [-0.4, -0.2) is 19.3 Å². The summed E-state index contributed by atoms with van der Waals surface area (Å²) in [5, 5.41) is 2.92. The highest BCUT2D eigenvalue weighted by Crippen LogP contribution is 2.17. The standard InChI is InChI=1S/C7H16FN.C2H6/c1-4-7(2,8)5-6-9-3;1-2/h9H,4-6H2,1-3H3;1-2H3. The van der Waals surface area contributed by atoms with Gasteiger partial charge in [0.2, 0.25) is 0 Å². The van der Waals surface area contributed by atoms with Crippen molar-refractivity contribution < 1.29 is 4.39 Å². The highest BCUT2D eigenvalue weighted by atomic mass is 19.1.